The standard InChI is InChI=1S/C13H8ClF3O2/c1-7-10(6-11(19-7)12(14)18)8-3-2-4-9(5-8)13(15,16)17/h2-6H,1H3. The van der Waals surface area contributed by atoms with E-state index in [0.29, 0.717) is 16.9 Å². The van der Waals surface area contributed by atoms with E-state index in [4.69, 9.17) is 16.0 Å². The Kier molecular flexibility index (Phi) is 3.41. The molecule has 0 spiro atoms. The molecule has 0 bridgehead atoms. The van der Waals surface area contributed by atoms with E-state index in [0.717, 1.165) is 12.1 Å². The molecule has 0 unspecified atom stereocenters. The summed E-state index contributed by atoms with van der Waals surface area (Å²) in [6.45, 7) is 1.55. The fourth-order valence-electron chi connectivity index (χ4n) is 1.73. The maximum absolute atomic E-state index is 12.6. The summed E-state index contributed by atoms with van der Waals surface area (Å²) >= 11 is 5.27. The van der Waals surface area contributed by atoms with Crippen molar-refractivity contribution in [3.63, 3.8) is 0 Å². The zero-order valence-corrected chi connectivity index (χ0v) is 10.5. The Labute approximate surface area is 111 Å². The van der Waals surface area contributed by atoms with Crippen molar-refractivity contribution in [1.29, 1.82) is 0 Å². The van der Waals surface area contributed by atoms with Gasteiger partial charge in [-0.2, -0.15) is 13.2 Å². The average Bonchev–Trinajstić information content (AvgIpc) is 2.71. The topological polar surface area (TPSA) is 30.2 Å². The Hall–Kier alpha value is -1.75. The quantitative estimate of drug-likeness (QED) is 0.753. The van der Waals surface area contributed by atoms with Gasteiger partial charge in [-0.3, -0.25) is 4.79 Å². The molecule has 1 aromatic carbocycles. The molecular formula is C13H8ClF3O2. The molecule has 0 atom stereocenters. The molecular weight excluding hydrogens is 281 g/mol. The maximum atomic E-state index is 12.6. The average molecular weight is 289 g/mol. The van der Waals surface area contributed by atoms with Crippen molar-refractivity contribution in [1.82, 2.24) is 0 Å². The van der Waals surface area contributed by atoms with Gasteiger partial charge in [-0.05, 0) is 42.3 Å². The second kappa shape index (κ2) is 4.74. The highest BCUT2D eigenvalue weighted by Crippen LogP contribution is 2.34. The van der Waals surface area contributed by atoms with Gasteiger partial charge in [0.05, 0.1) is 5.56 Å². The molecule has 6 heteroatoms. The van der Waals surface area contributed by atoms with Crippen LogP contribution in [0, 0.1) is 6.92 Å². The number of rotatable bonds is 2. The van der Waals surface area contributed by atoms with Gasteiger partial charge in [0.15, 0.2) is 5.76 Å². The monoisotopic (exact) mass is 288 g/mol. The lowest BCUT2D eigenvalue weighted by Crippen LogP contribution is -2.04. The minimum absolute atomic E-state index is 0.0911. The van der Waals surface area contributed by atoms with Gasteiger partial charge >= 0.3 is 6.18 Å². The van der Waals surface area contributed by atoms with Crippen LogP contribution in [-0.4, -0.2) is 5.24 Å². The van der Waals surface area contributed by atoms with E-state index in [1.54, 1.807) is 6.92 Å². The van der Waals surface area contributed by atoms with Gasteiger partial charge in [-0.25, -0.2) is 0 Å². The summed E-state index contributed by atoms with van der Waals surface area (Å²) in [6, 6.07) is 6.12. The van der Waals surface area contributed by atoms with Crippen LogP contribution in [0.2, 0.25) is 0 Å². The number of halogens is 4. The Balaban J connectivity index is 2.50. The number of alkyl halides is 3. The number of aryl methyl sites for hydroxylation is 1. The highest BCUT2D eigenvalue weighted by atomic mass is 35.5. The van der Waals surface area contributed by atoms with E-state index in [2.05, 4.69) is 0 Å². The van der Waals surface area contributed by atoms with Crippen molar-refractivity contribution in [2.45, 2.75) is 13.1 Å². The van der Waals surface area contributed by atoms with E-state index < -0.39 is 17.0 Å². The Morgan fingerprint density at radius 1 is 1.26 bits per heavy atom. The van der Waals surface area contributed by atoms with Gasteiger partial charge in [0.2, 0.25) is 0 Å². The van der Waals surface area contributed by atoms with Crippen molar-refractivity contribution in [3.8, 4) is 11.1 Å². The van der Waals surface area contributed by atoms with E-state index in [-0.39, 0.29) is 5.76 Å². The van der Waals surface area contributed by atoms with Crippen molar-refractivity contribution < 1.29 is 22.4 Å². The highest BCUT2D eigenvalue weighted by Gasteiger charge is 2.30. The van der Waals surface area contributed by atoms with Crippen LogP contribution < -0.4 is 0 Å². The van der Waals surface area contributed by atoms with Crippen LogP contribution in [0.5, 0.6) is 0 Å². The summed E-state index contributed by atoms with van der Waals surface area (Å²) in [6.07, 6.45) is -4.42. The summed E-state index contributed by atoms with van der Waals surface area (Å²) in [5.41, 5.74) is -0.0281. The normalized spacial score (nSPS) is 11.6. The van der Waals surface area contributed by atoms with E-state index in [9.17, 15) is 18.0 Å². The molecule has 0 fully saturated rings. The number of carbonyl (C=O) groups excluding carboxylic acids is 1. The molecule has 0 saturated carbocycles. The van der Waals surface area contributed by atoms with Crippen LogP contribution in [0.25, 0.3) is 11.1 Å². The molecule has 0 saturated heterocycles. The largest absolute Gasteiger partial charge is 0.456 e. The van der Waals surface area contributed by atoms with Gasteiger partial charge in [0, 0.05) is 5.56 Å². The van der Waals surface area contributed by atoms with Crippen LogP contribution in [0.3, 0.4) is 0 Å². The second-order valence-electron chi connectivity index (χ2n) is 3.93. The number of furan rings is 1. The molecule has 1 aromatic heterocycles. The van der Waals surface area contributed by atoms with Gasteiger partial charge in [0.1, 0.15) is 5.76 Å². The number of hydrogen-bond donors (Lipinski definition) is 0. The van der Waals surface area contributed by atoms with Crippen molar-refractivity contribution in [2.75, 3.05) is 0 Å². The molecule has 0 amide bonds. The van der Waals surface area contributed by atoms with Crippen LogP contribution in [-0.2, 0) is 6.18 Å². The molecule has 2 aromatic rings. The first-order valence-corrected chi connectivity index (χ1v) is 5.64. The molecule has 0 aliphatic heterocycles. The van der Waals surface area contributed by atoms with Crippen molar-refractivity contribution in [2.24, 2.45) is 0 Å². The van der Waals surface area contributed by atoms with Gasteiger partial charge in [0.25, 0.3) is 5.24 Å². The third-order valence-electron chi connectivity index (χ3n) is 2.61. The summed E-state index contributed by atoms with van der Waals surface area (Å²) in [5.74, 6) is 0.245. The minimum atomic E-state index is -4.42. The molecule has 19 heavy (non-hydrogen) atoms. The molecule has 0 radical (unpaired) electrons. The zero-order valence-electron chi connectivity index (χ0n) is 9.72. The van der Waals surface area contributed by atoms with Gasteiger partial charge in [-0.15, -0.1) is 0 Å². The fraction of sp³-hybridized carbons (Fsp3) is 0.154. The number of carbonyl (C=O) groups is 1. The van der Waals surface area contributed by atoms with Gasteiger partial charge < -0.3 is 4.42 Å². The van der Waals surface area contributed by atoms with Crippen LogP contribution in [0.1, 0.15) is 21.9 Å². The lowest BCUT2D eigenvalue weighted by atomic mass is 10.0. The maximum Gasteiger partial charge on any atom is 0.416 e. The Bertz CT molecular complexity index is 629. The highest BCUT2D eigenvalue weighted by molar-refractivity contribution is 6.67. The number of hydrogen-bond acceptors (Lipinski definition) is 2. The number of benzene rings is 1. The van der Waals surface area contributed by atoms with Gasteiger partial charge in [-0.1, -0.05) is 12.1 Å². The Morgan fingerprint density at radius 3 is 2.47 bits per heavy atom. The van der Waals surface area contributed by atoms with E-state index in [1.807, 2.05) is 0 Å². The summed E-state index contributed by atoms with van der Waals surface area (Å²) in [7, 11) is 0. The van der Waals surface area contributed by atoms with E-state index >= 15 is 0 Å². The van der Waals surface area contributed by atoms with Crippen LogP contribution >= 0.6 is 11.6 Å². The lowest BCUT2D eigenvalue weighted by Gasteiger charge is -2.08. The Morgan fingerprint density at radius 2 is 1.95 bits per heavy atom. The minimum Gasteiger partial charge on any atom is -0.456 e. The van der Waals surface area contributed by atoms with Crippen molar-refractivity contribution >= 4 is 16.8 Å². The molecule has 0 N–H and O–H groups in total. The van der Waals surface area contributed by atoms with Crippen LogP contribution in [0.15, 0.2) is 34.7 Å². The van der Waals surface area contributed by atoms with Crippen LogP contribution in [0.4, 0.5) is 13.2 Å². The van der Waals surface area contributed by atoms with E-state index in [1.165, 1.54) is 18.2 Å². The molecule has 0 aliphatic carbocycles. The molecule has 2 nitrogen and oxygen atoms in total. The summed E-state index contributed by atoms with van der Waals surface area (Å²) in [5, 5.41) is -0.790. The molecule has 0 aliphatic rings. The summed E-state index contributed by atoms with van der Waals surface area (Å²) in [4.78, 5) is 11.0. The third kappa shape index (κ3) is 2.81. The molecule has 100 valence electrons. The first kappa shape index (κ1) is 13.7. The van der Waals surface area contributed by atoms with Crippen molar-refractivity contribution in [3.05, 3.63) is 47.4 Å². The molecule has 1 heterocycles. The predicted octanol–water partition coefficient (Wildman–Crippen LogP) is 4.65. The first-order valence-electron chi connectivity index (χ1n) is 5.27. The third-order valence-corrected chi connectivity index (χ3v) is 2.80. The molecule has 2 rings (SSSR count). The fourth-order valence-corrected chi connectivity index (χ4v) is 1.82. The predicted molar refractivity (Wildman–Crippen MR) is 64.1 cm³/mol. The summed E-state index contributed by atoms with van der Waals surface area (Å²) < 4.78 is 43.0. The lowest BCUT2D eigenvalue weighted by molar-refractivity contribution is -0.137. The second-order valence-corrected chi connectivity index (χ2v) is 4.28. The smallest absolute Gasteiger partial charge is 0.416 e. The SMILES string of the molecule is Cc1oc(C(=O)Cl)cc1-c1cccc(C(F)(F)F)c1. The zero-order chi connectivity index (χ0) is 14.2. The first-order chi connectivity index (χ1) is 8.79.